The third-order valence-electron chi connectivity index (χ3n) is 7.59. The fourth-order valence-corrected chi connectivity index (χ4v) is 5.58. The van der Waals surface area contributed by atoms with Crippen LogP contribution in [0.5, 0.6) is 0 Å². The van der Waals surface area contributed by atoms with Crippen molar-refractivity contribution in [3.05, 3.63) is 111 Å². The van der Waals surface area contributed by atoms with Crippen LogP contribution in [-0.4, -0.2) is 67.1 Å². The summed E-state index contributed by atoms with van der Waals surface area (Å²) in [5, 5.41) is 0.883. The Balaban J connectivity index is 1.47. The van der Waals surface area contributed by atoms with Gasteiger partial charge in [0.25, 0.3) is 0 Å². The van der Waals surface area contributed by atoms with E-state index in [0.29, 0.717) is 6.61 Å². The molecule has 2 heterocycles. The summed E-state index contributed by atoms with van der Waals surface area (Å²) in [5.41, 5.74) is 9.78. The zero-order valence-corrected chi connectivity index (χ0v) is 23.9. The number of allylic oxidation sites excluding steroid dienone is 7. The molecule has 4 nitrogen and oxygen atoms in total. The van der Waals surface area contributed by atoms with Crippen molar-refractivity contribution in [2.45, 2.75) is 33.1 Å². The molecular weight excluding hydrogens is 504 g/mol. The zero-order chi connectivity index (χ0) is 27.0. The van der Waals surface area contributed by atoms with Gasteiger partial charge in [-0.05, 0) is 68.5 Å². The predicted octanol–water partition coefficient (Wildman–Crippen LogP) is 6.45. The van der Waals surface area contributed by atoms with Crippen molar-refractivity contribution in [1.29, 1.82) is 0 Å². The lowest BCUT2D eigenvalue weighted by Crippen LogP contribution is -2.33. The monoisotopic (exact) mass is 542 g/mol. The number of benzene rings is 2. The Labute approximate surface area is 237 Å². The van der Waals surface area contributed by atoms with E-state index in [0.717, 1.165) is 63.7 Å². The minimum atomic E-state index is 0.637. The van der Waals surface area contributed by atoms with Crippen LogP contribution in [-0.2, 0) is 9.47 Å². The highest BCUT2D eigenvalue weighted by atomic mass is 35.5. The van der Waals surface area contributed by atoms with Crippen molar-refractivity contribution < 1.29 is 18.6 Å². The fourth-order valence-electron chi connectivity index (χ4n) is 5.26. The standard InChI is InChI=1S/C34H39ClN2O2/c1-26-6-10-28(11-7-26)32(36-18-22-38-23-19-36)16-14-30-4-3-5-31(34(30)35)15-17-33(37-20-24-39-25-21-37)29-12-8-27(2)9-13-29/h6-18H,3-5,19-25H2,1-2H3/q+2/b17-15+,30-14+,32-16-. The molecule has 5 rings (SSSR count). The summed E-state index contributed by atoms with van der Waals surface area (Å²) in [7, 11) is 0. The van der Waals surface area contributed by atoms with Gasteiger partial charge >= 0.3 is 0 Å². The molecule has 0 bridgehead atoms. The Kier molecular flexibility index (Phi) is 9.41. The van der Waals surface area contributed by atoms with Crippen LogP contribution >= 0.6 is 11.6 Å². The molecule has 1 saturated heterocycles. The van der Waals surface area contributed by atoms with Crippen molar-refractivity contribution in [2.75, 3.05) is 46.1 Å². The summed E-state index contributed by atoms with van der Waals surface area (Å²) < 4.78 is 15.9. The Morgan fingerprint density at radius 3 is 2.15 bits per heavy atom. The van der Waals surface area contributed by atoms with Crippen LogP contribution in [0.25, 0.3) is 5.70 Å². The van der Waals surface area contributed by atoms with E-state index < -0.39 is 0 Å². The summed E-state index contributed by atoms with van der Waals surface area (Å²) in [6.07, 6.45) is 14.1. The van der Waals surface area contributed by atoms with Gasteiger partial charge < -0.3 is 9.47 Å². The van der Waals surface area contributed by atoms with E-state index >= 15 is 0 Å². The van der Waals surface area contributed by atoms with Crippen LogP contribution in [0.3, 0.4) is 0 Å². The SMILES string of the molecule is Cc1ccc(C(/C=C/C2=C(Cl)C(=C/C=C(/c3ccc(C)cc3)[N+]3=CCOCC3)/CCC2)=[N+]2CCOCC2)cc1. The molecule has 5 heteroatoms. The zero-order valence-electron chi connectivity index (χ0n) is 23.2. The normalized spacial score (nSPS) is 20.1. The lowest BCUT2D eigenvalue weighted by atomic mass is 9.93. The largest absolute Gasteiger partial charge is 0.368 e. The lowest BCUT2D eigenvalue weighted by Gasteiger charge is -2.17. The van der Waals surface area contributed by atoms with E-state index in [1.165, 1.54) is 44.8 Å². The molecule has 0 spiro atoms. The van der Waals surface area contributed by atoms with Crippen molar-refractivity contribution >= 4 is 29.2 Å². The highest BCUT2D eigenvalue weighted by molar-refractivity contribution is 6.32. The molecule has 2 aromatic rings. The molecule has 1 aliphatic carbocycles. The molecule has 0 unspecified atom stereocenters. The van der Waals surface area contributed by atoms with Gasteiger partial charge in [-0.2, -0.15) is 4.58 Å². The van der Waals surface area contributed by atoms with Crippen LogP contribution in [0.4, 0.5) is 0 Å². The van der Waals surface area contributed by atoms with Crippen LogP contribution in [0.2, 0.25) is 0 Å². The summed E-state index contributed by atoms with van der Waals surface area (Å²) in [6, 6.07) is 17.5. The third kappa shape index (κ3) is 7.13. The van der Waals surface area contributed by atoms with Crippen molar-refractivity contribution in [3.63, 3.8) is 0 Å². The smallest absolute Gasteiger partial charge is 0.212 e. The molecule has 0 radical (unpaired) electrons. The van der Waals surface area contributed by atoms with Crippen molar-refractivity contribution in [1.82, 2.24) is 0 Å². The van der Waals surface area contributed by atoms with Gasteiger partial charge in [0.2, 0.25) is 11.4 Å². The highest BCUT2D eigenvalue weighted by Gasteiger charge is 2.21. The minimum absolute atomic E-state index is 0.637. The number of morpholine rings is 1. The molecule has 1 fully saturated rings. The first-order valence-electron chi connectivity index (χ1n) is 14.1. The maximum absolute atomic E-state index is 7.07. The number of ether oxygens (including phenoxy) is 2. The number of halogens is 1. The van der Waals surface area contributed by atoms with E-state index in [1.807, 2.05) is 0 Å². The van der Waals surface area contributed by atoms with Crippen LogP contribution in [0.15, 0.2) is 89.0 Å². The van der Waals surface area contributed by atoms with Gasteiger partial charge in [0.1, 0.15) is 26.4 Å². The maximum atomic E-state index is 7.07. The average Bonchev–Trinajstić information content (AvgIpc) is 2.97. The number of hydrogen-bond acceptors (Lipinski definition) is 2. The summed E-state index contributed by atoms with van der Waals surface area (Å²) >= 11 is 7.07. The maximum Gasteiger partial charge on any atom is 0.212 e. The molecule has 3 aliphatic rings. The van der Waals surface area contributed by atoms with Gasteiger partial charge in [0.15, 0.2) is 25.8 Å². The fraction of sp³-hybridized carbons (Fsp3) is 0.353. The Bertz CT molecular complexity index is 1350. The molecule has 0 amide bonds. The molecule has 2 aromatic carbocycles. The second-order valence-electron chi connectivity index (χ2n) is 10.4. The lowest BCUT2D eigenvalue weighted by molar-refractivity contribution is -0.548. The van der Waals surface area contributed by atoms with Crippen molar-refractivity contribution in [2.24, 2.45) is 0 Å². The Morgan fingerprint density at radius 2 is 1.49 bits per heavy atom. The minimum Gasteiger partial charge on any atom is -0.368 e. The molecule has 2 aliphatic heterocycles. The first kappa shape index (κ1) is 27.5. The van der Waals surface area contributed by atoms with Gasteiger partial charge in [0, 0.05) is 28.3 Å². The Morgan fingerprint density at radius 1 is 0.821 bits per heavy atom. The van der Waals surface area contributed by atoms with Crippen LogP contribution in [0.1, 0.15) is 41.5 Å². The van der Waals surface area contributed by atoms with Gasteiger partial charge in [-0.25, -0.2) is 4.58 Å². The third-order valence-corrected chi connectivity index (χ3v) is 8.07. The van der Waals surface area contributed by atoms with E-state index in [9.17, 15) is 0 Å². The van der Waals surface area contributed by atoms with Crippen LogP contribution in [0, 0.1) is 13.8 Å². The molecule has 0 aromatic heterocycles. The first-order chi connectivity index (χ1) is 19.1. The van der Waals surface area contributed by atoms with E-state index in [1.54, 1.807) is 0 Å². The van der Waals surface area contributed by atoms with Gasteiger partial charge in [-0.1, -0.05) is 59.1 Å². The number of hydrogen-bond donors (Lipinski definition) is 0. The van der Waals surface area contributed by atoms with Crippen molar-refractivity contribution in [3.8, 4) is 0 Å². The van der Waals surface area contributed by atoms with Gasteiger partial charge in [0.05, 0.1) is 0 Å². The van der Waals surface area contributed by atoms with E-state index in [-0.39, 0.29) is 0 Å². The van der Waals surface area contributed by atoms with Crippen LogP contribution < -0.4 is 0 Å². The van der Waals surface area contributed by atoms with E-state index in [4.69, 9.17) is 21.1 Å². The molecule has 0 N–H and O–H groups in total. The summed E-state index contributed by atoms with van der Waals surface area (Å²) in [4.78, 5) is 0. The summed E-state index contributed by atoms with van der Waals surface area (Å²) in [6.45, 7) is 9.79. The van der Waals surface area contributed by atoms with E-state index in [2.05, 4.69) is 102 Å². The Hall–Kier alpha value is -3.05. The number of nitrogens with zero attached hydrogens (tertiary/aromatic N) is 2. The molecule has 202 valence electrons. The van der Waals surface area contributed by atoms with Gasteiger partial charge in [-0.3, -0.25) is 0 Å². The number of aryl methyl sites for hydroxylation is 2. The molecular formula is C34H39ClN2O2+2. The molecule has 0 atom stereocenters. The quantitative estimate of drug-likeness (QED) is 0.392. The summed E-state index contributed by atoms with van der Waals surface area (Å²) in [5.74, 6) is 0. The van der Waals surface area contributed by atoms with Gasteiger partial charge in [-0.15, -0.1) is 0 Å². The highest BCUT2D eigenvalue weighted by Crippen LogP contribution is 2.34. The number of rotatable bonds is 6. The second kappa shape index (κ2) is 13.3. The first-order valence-corrected chi connectivity index (χ1v) is 14.5. The molecule has 0 saturated carbocycles. The second-order valence-corrected chi connectivity index (χ2v) is 10.8. The average molecular weight is 543 g/mol. The predicted molar refractivity (Wildman–Crippen MR) is 161 cm³/mol. The molecule has 39 heavy (non-hydrogen) atoms. The topological polar surface area (TPSA) is 24.5 Å².